The third-order valence-corrected chi connectivity index (χ3v) is 5.94. The molecule has 0 aliphatic heterocycles. The molecule has 3 rings (SSSR count). The van der Waals surface area contributed by atoms with E-state index in [-0.39, 0.29) is 4.90 Å². The molecular formula is C22H21BrN2O4S. The molecule has 0 unspecified atom stereocenters. The van der Waals surface area contributed by atoms with Crippen LogP contribution in [0.5, 0.6) is 11.5 Å². The van der Waals surface area contributed by atoms with Gasteiger partial charge < -0.3 is 9.47 Å². The van der Waals surface area contributed by atoms with E-state index in [1.54, 1.807) is 37.4 Å². The molecule has 156 valence electrons. The van der Waals surface area contributed by atoms with Gasteiger partial charge in [0.15, 0.2) is 0 Å². The molecule has 0 fully saturated rings. The molecule has 0 spiro atoms. The summed E-state index contributed by atoms with van der Waals surface area (Å²) in [6, 6.07) is 19.6. The Balaban J connectivity index is 1.77. The summed E-state index contributed by atoms with van der Waals surface area (Å²) in [5.41, 5.74) is 2.54. The molecule has 0 amide bonds. The van der Waals surface area contributed by atoms with Crippen LogP contribution in [0.2, 0.25) is 0 Å². The van der Waals surface area contributed by atoms with E-state index >= 15 is 0 Å². The van der Waals surface area contributed by atoms with Crippen molar-refractivity contribution >= 4 is 32.2 Å². The average molecular weight is 489 g/mol. The number of hydrogen-bond donors (Lipinski definition) is 1. The van der Waals surface area contributed by atoms with E-state index in [9.17, 15) is 8.42 Å². The Morgan fingerprint density at radius 2 is 1.83 bits per heavy atom. The van der Waals surface area contributed by atoms with Gasteiger partial charge in [0.2, 0.25) is 0 Å². The van der Waals surface area contributed by atoms with E-state index in [1.807, 2.05) is 31.2 Å². The fraction of sp³-hybridized carbons (Fsp3) is 0.136. The van der Waals surface area contributed by atoms with Crippen LogP contribution in [-0.4, -0.2) is 21.7 Å². The standard InChI is InChI=1S/C22H21BrN2O4S/c1-16-6-9-21(10-7-16)30(26,27)25-24-14-18-13-20(28-2)8-11-22(18)29-15-17-4-3-5-19(23)12-17/h3-14,25H,15H2,1-2H3/b24-14+. The molecule has 3 aromatic rings. The van der Waals surface area contributed by atoms with E-state index in [0.717, 1.165) is 15.6 Å². The van der Waals surface area contributed by atoms with Crippen molar-refractivity contribution in [3.05, 3.63) is 87.9 Å². The number of hydrazone groups is 1. The molecule has 1 N–H and O–H groups in total. The lowest BCUT2D eigenvalue weighted by Gasteiger charge is -2.11. The molecule has 0 aromatic heterocycles. The Morgan fingerprint density at radius 3 is 2.53 bits per heavy atom. The van der Waals surface area contributed by atoms with Crippen molar-refractivity contribution < 1.29 is 17.9 Å². The third kappa shape index (κ3) is 5.84. The van der Waals surface area contributed by atoms with Gasteiger partial charge in [0, 0.05) is 10.0 Å². The first kappa shape index (κ1) is 21.9. The Bertz CT molecular complexity index is 1150. The number of rotatable bonds is 8. The number of nitrogens with zero attached hydrogens (tertiary/aromatic N) is 1. The van der Waals surface area contributed by atoms with Gasteiger partial charge in [-0.15, -0.1) is 0 Å². The molecule has 6 nitrogen and oxygen atoms in total. The van der Waals surface area contributed by atoms with E-state index in [1.165, 1.54) is 18.3 Å². The minimum atomic E-state index is -3.76. The van der Waals surface area contributed by atoms with Crippen LogP contribution in [-0.2, 0) is 16.6 Å². The first-order valence-electron chi connectivity index (χ1n) is 9.04. The Hall–Kier alpha value is -2.84. The third-order valence-electron chi connectivity index (χ3n) is 4.21. The summed E-state index contributed by atoms with van der Waals surface area (Å²) >= 11 is 3.44. The van der Waals surface area contributed by atoms with Crippen LogP contribution in [0.4, 0.5) is 0 Å². The largest absolute Gasteiger partial charge is 0.497 e. The highest BCUT2D eigenvalue weighted by Crippen LogP contribution is 2.24. The van der Waals surface area contributed by atoms with Crippen molar-refractivity contribution in [2.24, 2.45) is 5.10 Å². The highest BCUT2D eigenvalue weighted by atomic mass is 79.9. The fourth-order valence-corrected chi connectivity index (χ4v) is 3.85. The number of nitrogens with one attached hydrogen (secondary N) is 1. The summed E-state index contributed by atoms with van der Waals surface area (Å²) in [4.78, 5) is 2.37. The van der Waals surface area contributed by atoms with Gasteiger partial charge in [-0.2, -0.15) is 13.5 Å². The molecule has 0 radical (unpaired) electrons. The second-order valence-corrected chi connectivity index (χ2v) is 9.06. The number of hydrogen-bond acceptors (Lipinski definition) is 5. The van der Waals surface area contributed by atoms with Crippen molar-refractivity contribution in [1.82, 2.24) is 4.83 Å². The maximum Gasteiger partial charge on any atom is 0.276 e. The monoisotopic (exact) mass is 488 g/mol. The van der Waals surface area contributed by atoms with Crippen LogP contribution < -0.4 is 14.3 Å². The summed E-state index contributed by atoms with van der Waals surface area (Å²) in [5.74, 6) is 1.15. The van der Waals surface area contributed by atoms with Gasteiger partial charge >= 0.3 is 0 Å². The number of benzene rings is 3. The number of ether oxygens (including phenoxy) is 2. The molecule has 0 saturated carbocycles. The maximum absolute atomic E-state index is 12.4. The normalized spacial score (nSPS) is 11.4. The van der Waals surface area contributed by atoms with Crippen LogP contribution in [0, 0.1) is 6.92 Å². The molecule has 3 aromatic carbocycles. The van der Waals surface area contributed by atoms with Gasteiger partial charge in [0.05, 0.1) is 18.2 Å². The zero-order valence-corrected chi connectivity index (χ0v) is 18.9. The second-order valence-electron chi connectivity index (χ2n) is 6.49. The van der Waals surface area contributed by atoms with Crippen LogP contribution in [0.3, 0.4) is 0 Å². The molecule has 0 bridgehead atoms. The van der Waals surface area contributed by atoms with Gasteiger partial charge in [-0.25, -0.2) is 4.83 Å². The van der Waals surface area contributed by atoms with Crippen molar-refractivity contribution in [2.75, 3.05) is 7.11 Å². The lowest BCUT2D eigenvalue weighted by Crippen LogP contribution is -2.18. The van der Waals surface area contributed by atoms with E-state index < -0.39 is 10.0 Å². The quantitative estimate of drug-likeness (QED) is 0.369. The zero-order chi connectivity index (χ0) is 21.6. The van der Waals surface area contributed by atoms with Gasteiger partial charge in [-0.1, -0.05) is 45.8 Å². The first-order chi connectivity index (χ1) is 14.4. The molecule has 0 saturated heterocycles. The van der Waals surface area contributed by atoms with E-state index in [4.69, 9.17) is 9.47 Å². The summed E-state index contributed by atoms with van der Waals surface area (Å²) in [6.45, 7) is 2.24. The molecule has 8 heteroatoms. The van der Waals surface area contributed by atoms with Crippen LogP contribution in [0.25, 0.3) is 0 Å². The van der Waals surface area contributed by atoms with E-state index in [2.05, 4.69) is 25.9 Å². The Morgan fingerprint density at radius 1 is 1.07 bits per heavy atom. The lowest BCUT2D eigenvalue weighted by molar-refractivity contribution is 0.305. The molecule has 0 atom stereocenters. The predicted molar refractivity (Wildman–Crippen MR) is 121 cm³/mol. The number of sulfonamides is 1. The van der Waals surface area contributed by atoms with Gasteiger partial charge in [-0.05, 0) is 55.0 Å². The molecule has 0 heterocycles. The van der Waals surface area contributed by atoms with Crippen molar-refractivity contribution in [3.8, 4) is 11.5 Å². The molecule has 0 aliphatic rings. The Kier molecular flexibility index (Phi) is 7.12. The lowest BCUT2D eigenvalue weighted by atomic mass is 10.2. The number of methoxy groups -OCH3 is 1. The Labute approximate surface area is 184 Å². The SMILES string of the molecule is COc1ccc(OCc2cccc(Br)c2)c(/C=N/NS(=O)(=O)c2ccc(C)cc2)c1. The van der Waals surface area contributed by atoms with Gasteiger partial charge in [-0.3, -0.25) is 0 Å². The molecule has 0 aliphatic carbocycles. The van der Waals surface area contributed by atoms with Crippen LogP contribution >= 0.6 is 15.9 Å². The summed E-state index contributed by atoms with van der Waals surface area (Å²) in [6.07, 6.45) is 1.39. The minimum absolute atomic E-state index is 0.141. The smallest absolute Gasteiger partial charge is 0.276 e. The first-order valence-corrected chi connectivity index (χ1v) is 11.3. The van der Waals surface area contributed by atoms with Crippen LogP contribution in [0.1, 0.15) is 16.7 Å². The van der Waals surface area contributed by atoms with Crippen LogP contribution in [0.15, 0.2) is 81.2 Å². The summed E-state index contributed by atoms with van der Waals surface area (Å²) < 4.78 is 36.9. The minimum Gasteiger partial charge on any atom is -0.497 e. The maximum atomic E-state index is 12.4. The average Bonchev–Trinajstić information content (AvgIpc) is 2.73. The van der Waals surface area contributed by atoms with Crippen molar-refractivity contribution in [2.45, 2.75) is 18.4 Å². The highest BCUT2D eigenvalue weighted by molar-refractivity contribution is 9.10. The van der Waals surface area contributed by atoms with Gasteiger partial charge in [0.25, 0.3) is 10.0 Å². The number of halogens is 1. The fourth-order valence-electron chi connectivity index (χ4n) is 2.61. The topological polar surface area (TPSA) is 77.0 Å². The zero-order valence-electron chi connectivity index (χ0n) is 16.5. The van der Waals surface area contributed by atoms with Crippen molar-refractivity contribution in [3.63, 3.8) is 0 Å². The molecule has 30 heavy (non-hydrogen) atoms. The van der Waals surface area contributed by atoms with E-state index in [0.29, 0.717) is 23.7 Å². The summed E-state index contributed by atoms with van der Waals surface area (Å²) in [5, 5.41) is 3.91. The van der Waals surface area contributed by atoms with Crippen molar-refractivity contribution in [1.29, 1.82) is 0 Å². The number of aryl methyl sites for hydroxylation is 1. The second kappa shape index (κ2) is 9.77. The molecular weight excluding hydrogens is 468 g/mol. The predicted octanol–water partition coefficient (Wildman–Crippen LogP) is 4.66. The van der Waals surface area contributed by atoms with Gasteiger partial charge in [0.1, 0.15) is 18.1 Å². The summed E-state index contributed by atoms with van der Waals surface area (Å²) in [7, 11) is -2.21. The highest BCUT2D eigenvalue weighted by Gasteiger charge is 2.12.